The average Bonchev–Trinajstić information content (AvgIpc) is 2.61. The maximum Gasteiger partial charge on any atom is 0.271 e. The van der Waals surface area contributed by atoms with Crippen LogP contribution in [0.25, 0.3) is 0 Å². The van der Waals surface area contributed by atoms with E-state index in [1.807, 2.05) is 0 Å². The molecule has 1 heterocycles. The molecule has 1 unspecified atom stereocenters. The average molecular weight is 250 g/mol. The van der Waals surface area contributed by atoms with Gasteiger partial charge in [0, 0.05) is 13.1 Å². The van der Waals surface area contributed by atoms with Gasteiger partial charge in [0.15, 0.2) is 0 Å². The Morgan fingerprint density at radius 3 is 2.83 bits per heavy atom. The Morgan fingerprint density at radius 1 is 1.56 bits per heavy atom. The molecular weight excluding hydrogens is 228 g/mol. The normalized spacial score (nSPS) is 22.7. The van der Waals surface area contributed by atoms with Gasteiger partial charge in [-0.15, -0.1) is 0 Å². The Hall–Kier alpha value is -1.52. The smallest absolute Gasteiger partial charge is 0.271 e. The third-order valence-electron chi connectivity index (χ3n) is 3.99. The van der Waals surface area contributed by atoms with E-state index in [-0.39, 0.29) is 17.4 Å². The number of aryl methyl sites for hydroxylation is 1. The maximum absolute atomic E-state index is 12.3. The van der Waals surface area contributed by atoms with Gasteiger partial charge in [-0.2, -0.15) is 5.10 Å². The van der Waals surface area contributed by atoms with Crippen molar-refractivity contribution in [1.29, 1.82) is 0 Å². The van der Waals surface area contributed by atoms with Crippen LogP contribution in [0.5, 0.6) is 0 Å². The van der Waals surface area contributed by atoms with Crippen molar-refractivity contribution in [3.63, 3.8) is 0 Å². The standard InChI is InChI=1S/C13H22N4O/c1-13(2)7-5-4-6-10(13)16-12(18)11-9(14)8-15-17(11)3/h8,10H,4-7,14H2,1-3H3,(H,16,18). The fourth-order valence-corrected chi connectivity index (χ4v) is 2.72. The van der Waals surface area contributed by atoms with Crippen LogP contribution in [0.4, 0.5) is 5.69 Å². The number of nitrogens with two attached hydrogens (primary N) is 1. The van der Waals surface area contributed by atoms with Crippen LogP contribution < -0.4 is 11.1 Å². The third kappa shape index (κ3) is 2.35. The third-order valence-corrected chi connectivity index (χ3v) is 3.99. The van der Waals surface area contributed by atoms with Crippen LogP contribution in [-0.2, 0) is 7.05 Å². The second-order valence-corrected chi connectivity index (χ2v) is 5.83. The molecule has 3 N–H and O–H groups in total. The number of aromatic nitrogens is 2. The Balaban J connectivity index is 2.12. The van der Waals surface area contributed by atoms with E-state index in [4.69, 9.17) is 5.73 Å². The second-order valence-electron chi connectivity index (χ2n) is 5.83. The fourth-order valence-electron chi connectivity index (χ4n) is 2.72. The van der Waals surface area contributed by atoms with E-state index in [0.717, 1.165) is 12.8 Å². The summed E-state index contributed by atoms with van der Waals surface area (Å²) in [6, 6.07) is 0.216. The zero-order chi connectivity index (χ0) is 13.3. The molecule has 5 nitrogen and oxygen atoms in total. The monoisotopic (exact) mass is 250 g/mol. The van der Waals surface area contributed by atoms with Gasteiger partial charge in [-0.05, 0) is 18.3 Å². The zero-order valence-electron chi connectivity index (χ0n) is 11.4. The molecule has 1 aliphatic rings. The summed E-state index contributed by atoms with van der Waals surface area (Å²) in [7, 11) is 1.73. The Labute approximate surface area is 108 Å². The zero-order valence-corrected chi connectivity index (χ0v) is 11.4. The summed E-state index contributed by atoms with van der Waals surface area (Å²) in [4.78, 5) is 12.3. The van der Waals surface area contributed by atoms with Gasteiger partial charge in [0.2, 0.25) is 0 Å². The van der Waals surface area contributed by atoms with Crippen molar-refractivity contribution >= 4 is 11.6 Å². The minimum absolute atomic E-state index is 0.118. The van der Waals surface area contributed by atoms with Gasteiger partial charge in [-0.25, -0.2) is 0 Å². The molecule has 0 radical (unpaired) electrons. The highest BCUT2D eigenvalue weighted by Crippen LogP contribution is 2.35. The van der Waals surface area contributed by atoms with Gasteiger partial charge in [0.05, 0.1) is 11.9 Å². The first-order valence-electron chi connectivity index (χ1n) is 6.50. The molecule has 1 aromatic rings. The second kappa shape index (κ2) is 4.63. The highest BCUT2D eigenvalue weighted by molar-refractivity contribution is 5.97. The summed E-state index contributed by atoms with van der Waals surface area (Å²) in [5, 5.41) is 7.11. The van der Waals surface area contributed by atoms with E-state index in [1.165, 1.54) is 23.7 Å². The topological polar surface area (TPSA) is 72.9 Å². The van der Waals surface area contributed by atoms with Gasteiger partial charge in [-0.3, -0.25) is 9.48 Å². The Kier molecular flexibility index (Phi) is 3.32. The van der Waals surface area contributed by atoms with E-state index in [0.29, 0.717) is 11.4 Å². The molecule has 1 amide bonds. The van der Waals surface area contributed by atoms with Crippen molar-refractivity contribution in [2.45, 2.75) is 45.6 Å². The summed E-state index contributed by atoms with van der Waals surface area (Å²) in [6.07, 6.45) is 6.12. The number of hydrogen-bond acceptors (Lipinski definition) is 3. The minimum atomic E-state index is -0.118. The molecule has 2 rings (SSSR count). The number of amides is 1. The van der Waals surface area contributed by atoms with Gasteiger partial charge < -0.3 is 11.1 Å². The van der Waals surface area contributed by atoms with Crippen molar-refractivity contribution in [2.75, 3.05) is 5.73 Å². The molecular formula is C13H22N4O. The van der Waals surface area contributed by atoms with Gasteiger partial charge in [0.1, 0.15) is 5.69 Å². The Morgan fingerprint density at radius 2 is 2.28 bits per heavy atom. The summed E-state index contributed by atoms with van der Waals surface area (Å²) >= 11 is 0. The SMILES string of the molecule is Cn1ncc(N)c1C(=O)NC1CCCCC1(C)C. The van der Waals surface area contributed by atoms with E-state index >= 15 is 0 Å². The predicted octanol–water partition coefficient (Wildman–Crippen LogP) is 1.70. The lowest BCUT2D eigenvalue weighted by Crippen LogP contribution is -2.47. The summed E-state index contributed by atoms with van der Waals surface area (Å²) in [5.74, 6) is -0.118. The van der Waals surface area contributed by atoms with Crippen molar-refractivity contribution in [3.05, 3.63) is 11.9 Å². The molecule has 0 aromatic carbocycles. The molecule has 0 saturated heterocycles. The van der Waals surface area contributed by atoms with Gasteiger partial charge in [-0.1, -0.05) is 26.7 Å². The van der Waals surface area contributed by atoms with Crippen LogP contribution in [0, 0.1) is 5.41 Å². The molecule has 0 bridgehead atoms. The maximum atomic E-state index is 12.3. The number of hydrogen-bond donors (Lipinski definition) is 2. The fraction of sp³-hybridized carbons (Fsp3) is 0.692. The number of nitrogen functional groups attached to an aromatic ring is 1. The number of carbonyl (C=O) groups excluding carboxylic acids is 1. The summed E-state index contributed by atoms with van der Waals surface area (Å²) < 4.78 is 1.53. The molecule has 1 saturated carbocycles. The first-order chi connectivity index (χ1) is 8.42. The lowest BCUT2D eigenvalue weighted by molar-refractivity contribution is 0.0845. The van der Waals surface area contributed by atoms with Crippen molar-refractivity contribution in [3.8, 4) is 0 Å². The number of nitrogens with zero attached hydrogens (tertiary/aromatic N) is 2. The van der Waals surface area contributed by atoms with Crippen LogP contribution >= 0.6 is 0 Å². The van der Waals surface area contributed by atoms with Crippen molar-refractivity contribution in [1.82, 2.24) is 15.1 Å². The van der Waals surface area contributed by atoms with E-state index < -0.39 is 0 Å². The molecule has 1 atom stereocenters. The summed E-state index contributed by atoms with van der Waals surface area (Å²) in [5.41, 5.74) is 6.81. The molecule has 1 aliphatic carbocycles. The number of carbonyl (C=O) groups is 1. The van der Waals surface area contributed by atoms with E-state index in [1.54, 1.807) is 7.05 Å². The largest absolute Gasteiger partial charge is 0.396 e. The number of anilines is 1. The van der Waals surface area contributed by atoms with Crippen LogP contribution in [0.15, 0.2) is 6.20 Å². The Bertz CT molecular complexity index is 430. The molecule has 0 spiro atoms. The summed E-state index contributed by atoms with van der Waals surface area (Å²) in [6.45, 7) is 4.42. The lowest BCUT2D eigenvalue weighted by Gasteiger charge is -2.39. The lowest BCUT2D eigenvalue weighted by atomic mass is 9.73. The first-order valence-corrected chi connectivity index (χ1v) is 6.50. The van der Waals surface area contributed by atoms with Gasteiger partial charge in [0.25, 0.3) is 5.91 Å². The van der Waals surface area contributed by atoms with E-state index in [2.05, 4.69) is 24.3 Å². The molecule has 1 fully saturated rings. The van der Waals surface area contributed by atoms with Crippen molar-refractivity contribution < 1.29 is 4.79 Å². The number of rotatable bonds is 2. The van der Waals surface area contributed by atoms with Crippen LogP contribution in [0.3, 0.4) is 0 Å². The van der Waals surface area contributed by atoms with Crippen LogP contribution in [0.2, 0.25) is 0 Å². The molecule has 0 aliphatic heterocycles. The van der Waals surface area contributed by atoms with Crippen LogP contribution in [-0.4, -0.2) is 21.7 Å². The number of nitrogens with one attached hydrogen (secondary N) is 1. The first kappa shape index (κ1) is 12.9. The molecule has 18 heavy (non-hydrogen) atoms. The molecule has 5 heteroatoms. The van der Waals surface area contributed by atoms with E-state index in [9.17, 15) is 4.79 Å². The molecule has 1 aromatic heterocycles. The predicted molar refractivity (Wildman–Crippen MR) is 71.1 cm³/mol. The molecule has 100 valence electrons. The van der Waals surface area contributed by atoms with Crippen LogP contribution in [0.1, 0.15) is 50.0 Å². The highest BCUT2D eigenvalue weighted by atomic mass is 16.2. The minimum Gasteiger partial charge on any atom is -0.396 e. The highest BCUT2D eigenvalue weighted by Gasteiger charge is 2.34. The van der Waals surface area contributed by atoms with Crippen molar-refractivity contribution in [2.24, 2.45) is 12.5 Å². The quantitative estimate of drug-likeness (QED) is 0.839. The van der Waals surface area contributed by atoms with Gasteiger partial charge >= 0.3 is 0 Å².